The van der Waals surface area contributed by atoms with Gasteiger partial charge in [0, 0.05) is 44.9 Å². The van der Waals surface area contributed by atoms with Gasteiger partial charge in [0.1, 0.15) is 5.82 Å². The van der Waals surface area contributed by atoms with Crippen molar-refractivity contribution in [1.82, 2.24) is 10.2 Å². The summed E-state index contributed by atoms with van der Waals surface area (Å²) in [5.74, 6) is -0.299. The number of rotatable bonds is 14. The number of benzene rings is 1. The summed E-state index contributed by atoms with van der Waals surface area (Å²) in [5.41, 5.74) is 6.96. The van der Waals surface area contributed by atoms with Gasteiger partial charge in [0.25, 0.3) is 0 Å². The summed E-state index contributed by atoms with van der Waals surface area (Å²) >= 11 is 5.86. The number of nitrogens with zero attached hydrogens (tertiary/aromatic N) is 1. The molecule has 160 valence electrons. The number of halogens is 2. The number of nitrogens with one attached hydrogen (secondary N) is 1. The lowest BCUT2D eigenvalue weighted by molar-refractivity contribution is 0.191. The van der Waals surface area contributed by atoms with Crippen molar-refractivity contribution in [2.45, 2.75) is 57.4 Å². The van der Waals surface area contributed by atoms with Gasteiger partial charge in [-0.1, -0.05) is 30.9 Å². The molecule has 1 atom stereocenters. The first-order chi connectivity index (χ1) is 13.4. The van der Waals surface area contributed by atoms with Crippen molar-refractivity contribution in [3.05, 3.63) is 34.6 Å². The summed E-state index contributed by atoms with van der Waals surface area (Å²) in [6.45, 7) is 1.96. The molecule has 0 aliphatic carbocycles. The zero-order chi connectivity index (χ0) is 20.8. The molecule has 0 bridgehead atoms. The van der Waals surface area contributed by atoms with E-state index in [4.69, 9.17) is 22.1 Å². The van der Waals surface area contributed by atoms with Gasteiger partial charge >= 0.3 is 6.03 Å². The van der Waals surface area contributed by atoms with Crippen molar-refractivity contribution >= 4 is 17.6 Å². The first kappa shape index (κ1) is 24.7. The van der Waals surface area contributed by atoms with Gasteiger partial charge in [-0.15, -0.1) is 0 Å². The second-order valence-electron chi connectivity index (χ2n) is 7.30. The first-order valence-corrected chi connectivity index (χ1v) is 10.5. The van der Waals surface area contributed by atoms with Crippen LogP contribution in [0.3, 0.4) is 0 Å². The Morgan fingerprint density at radius 3 is 2.68 bits per heavy atom. The summed E-state index contributed by atoms with van der Waals surface area (Å²) in [7, 11) is 3.50. The number of nitrogens with two attached hydrogens (primary N) is 1. The Balaban J connectivity index is 2.09. The molecule has 1 aromatic carbocycles. The standard InChI is InChI=1S/C21H35ClFN3O2/c1-26(21(27)25-16-20(24)10-6-4-8-12-28-2)11-7-3-5-9-17-13-18(22)15-19(23)14-17/h13-15,20H,3-12,16,24H2,1-2H3,(H,25,27). The van der Waals surface area contributed by atoms with Gasteiger partial charge in [0.15, 0.2) is 0 Å². The van der Waals surface area contributed by atoms with Crippen molar-refractivity contribution in [3.8, 4) is 0 Å². The Morgan fingerprint density at radius 1 is 1.21 bits per heavy atom. The van der Waals surface area contributed by atoms with Crippen molar-refractivity contribution < 1.29 is 13.9 Å². The van der Waals surface area contributed by atoms with Gasteiger partial charge in [0.2, 0.25) is 0 Å². The van der Waals surface area contributed by atoms with Crippen LogP contribution in [0.1, 0.15) is 50.5 Å². The van der Waals surface area contributed by atoms with Crippen LogP contribution < -0.4 is 11.1 Å². The third kappa shape index (κ3) is 11.5. The smallest absolute Gasteiger partial charge is 0.317 e. The van der Waals surface area contributed by atoms with Crippen LogP contribution in [0.5, 0.6) is 0 Å². The monoisotopic (exact) mass is 415 g/mol. The number of methoxy groups -OCH3 is 1. The number of hydrogen-bond acceptors (Lipinski definition) is 3. The van der Waals surface area contributed by atoms with Crippen LogP contribution in [0.4, 0.5) is 9.18 Å². The summed E-state index contributed by atoms with van der Waals surface area (Å²) in [6, 6.07) is 4.52. The van der Waals surface area contributed by atoms with Crippen LogP contribution in [0, 0.1) is 5.82 Å². The minimum absolute atomic E-state index is 0.0158. The predicted molar refractivity (Wildman–Crippen MR) is 113 cm³/mol. The van der Waals surface area contributed by atoms with Crippen LogP contribution in [0.25, 0.3) is 0 Å². The van der Waals surface area contributed by atoms with E-state index in [1.807, 2.05) is 0 Å². The largest absolute Gasteiger partial charge is 0.385 e. The van der Waals surface area contributed by atoms with Crippen molar-refractivity contribution in [2.75, 3.05) is 33.9 Å². The Kier molecular flexibility index (Phi) is 12.9. The molecule has 0 saturated heterocycles. The number of amides is 2. The summed E-state index contributed by atoms with van der Waals surface area (Å²) in [6.07, 6.45) is 7.67. The van der Waals surface area contributed by atoms with Crippen LogP contribution in [0.15, 0.2) is 18.2 Å². The molecule has 0 radical (unpaired) electrons. The number of ether oxygens (including phenoxy) is 1. The third-order valence-electron chi connectivity index (χ3n) is 4.67. The summed E-state index contributed by atoms with van der Waals surface area (Å²) in [5, 5.41) is 3.32. The minimum atomic E-state index is -0.299. The lowest BCUT2D eigenvalue weighted by atomic mass is 10.1. The van der Waals surface area contributed by atoms with E-state index < -0.39 is 0 Å². The second-order valence-corrected chi connectivity index (χ2v) is 7.73. The fourth-order valence-electron chi connectivity index (χ4n) is 3.00. The molecule has 5 nitrogen and oxygen atoms in total. The van der Waals surface area contributed by atoms with Crippen molar-refractivity contribution in [1.29, 1.82) is 0 Å². The summed E-state index contributed by atoms with van der Waals surface area (Å²) in [4.78, 5) is 13.8. The molecule has 0 fully saturated rings. The number of hydrogen-bond donors (Lipinski definition) is 2. The lowest BCUT2D eigenvalue weighted by Gasteiger charge is -2.20. The number of aryl methyl sites for hydroxylation is 1. The zero-order valence-corrected chi connectivity index (χ0v) is 17.9. The molecule has 28 heavy (non-hydrogen) atoms. The van der Waals surface area contributed by atoms with Crippen LogP contribution in [-0.4, -0.2) is 50.8 Å². The Bertz CT molecular complexity index is 554. The Morgan fingerprint density at radius 2 is 1.96 bits per heavy atom. The number of urea groups is 1. The second kappa shape index (κ2) is 14.6. The summed E-state index contributed by atoms with van der Waals surface area (Å²) < 4.78 is 18.3. The van der Waals surface area contributed by atoms with Gasteiger partial charge in [-0.05, 0) is 55.9 Å². The van der Waals surface area contributed by atoms with E-state index in [0.717, 1.165) is 63.5 Å². The van der Waals surface area contributed by atoms with Crippen molar-refractivity contribution in [2.24, 2.45) is 5.73 Å². The average Bonchev–Trinajstić information content (AvgIpc) is 2.64. The molecule has 3 N–H and O–H groups in total. The molecule has 0 saturated carbocycles. The number of carbonyl (C=O) groups excluding carboxylic acids is 1. The van der Waals surface area contributed by atoms with Crippen molar-refractivity contribution in [3.63, 3.8) is 0 Å². The van der Waals surface area contributed by atoms with E-state index in [9.17, 15) is 9.18 Å². The first-order valence-electron chi connectivity index (χ1n) is 10.1. The van der Waals surface area contributed by atoms with Crippen LogP contribution >= 0.6 is 11.6 Å². The van der Waals surface area contributed by atoms with Gasteiger partial charge < -0.3 is 20.7 Å². The molecular formula is C21H35ClFN3O2. The van der Waals surface area contributed by atoms with Crippen LogP contribution in [0.2, 0.25) is 5.02 Å². The molecule has 0 aliphatic heterocycles. The predicted octanol–water partition coefficient (Wildman–Crippen LogP) is 4.37. The van der Waals surface area contributed by atoms with E-state index in [1.54, 1.807) is 25.1 Å². The molecule has 0 heterocycles. The van der Waals surface area contributed by atoms with E-state index in [-0.39, 0.29) is 17.9 Å². The molecule has 0 aliphatic rings. The molecule has 0 aromatic heterocycles. The van der Waals surface area contributed by atoms with E-state index in [2.05, 4.69) is 5.32 Å². The van der Waals surface area contributed by atoms with E-state index >= 15 is 0 Å². The maximum absolute atomic E-state index is 13.3. The normalized spacial score (nSPS) is 12.0. The zero-order valence-electron chi connectivity index (χ0n) is 17.2. The number of unbranched alkanes of at least 4 members (excludes halogenated alkanes) is 4. The SMILES string of the molecule is COCCCCCC(N)CNC(=O)N(C)CCCCCc1cc(F)cc(Cl)c1. The van der Waals surface area contributed by atoms with Gasteiger partial charge in [-0.25, -0.2) is 9.18 Å². The molecular weight excluding hydrogens is 381 g/mol. The van der Waals surface area contributed by atoms with E-state index in [1.165, 1.54) is 12.1 Å². The van der Waals surface area contributed by atoms with Gasteiger partial charge in [-0.2, -0.15) is 0 Å². The fraction of sp³-hybridized carbons (Fsp3) is 0.667. The maximum atomic E-state index is 13.3. The lowest BCUT2D eigenvalue weighted by Crippen LogP contribution is -2.43. The maximum Gasteiger partial charge on any atom is 0.317 e. The van der Waals surface area contributed by atoms with E-state index in [0.29, 0.717) is 18.1 Å². The fourth-order valence-corrected chi connectivity index (χ4v) is 3.24. The topological polar surface area (TPSA) is 67.6 Å². The quantitative estimate of drug-likeness (QED) is 0.443. The number of carbonyl (C=O) groups is 1. The molecule has 1 aromatic rings. The minimum Gasteiger partial charge on any atom is -0.385 e. The Hall–Kier alpha value is -1.37. The Labute approximate surface area is 173 Å². The molecule has 1 unspecified atom stereocenters. The molecule has 0 spiro atoms. The highest BCUT2D eigenvalue weighted by Gasteiger charge is 2.10. The molecule has 1 rings (SSSR count). The molecule has 7 heteroatoms. The van der Waals surface area contributed by atoms with Gasteiger partial charge in [0.05, 0.1) is 0 Å². The highest BCUT2D eigenvalue weighted by Crippen LogP contribution is 2.16. The van der Waals surface area contributed by atoms with Crippen LogP contribution in [-0.2, 0) is 11.2 Å². The highest BCUT2D eigenvalue weighted by atomic mass is 35.5. The molecule has 2 amide bonds. The third-order valence-corrected chi connectivity index (χ3v) is 4.89. The highest BCUT2D eigenvalue weighted by molar-refractivity contribution is 6.30. The van der Waals surface area contributed by atoms with Gasteiger partial charge in [-0.3, -0.25) is 0 Å². The average molecular weight is 416 g/mol.